The Labute approximate surface area is 134 Å². The number of carbonyl (C=O) groups excluding carboxylic acids is 1. The van der Waals surface area contributed by atoms with Gasteiger partial charge < -0.3 is 16.0 Å². The first-order valence-electron chi connectivity index (χ1n) is 7.57. The van der Waals surface area contributed by atoms with Crippen molar-refractivity contribution in [1.29, 1.82) is 0 Å². The minimum Gasteiger partial charge on any atom is -0.343 e. The van der Waals surface area contributed by atoms with Crippen LogP contribution in [0.15, 0.2) is 53.5 Å². The maximum Gasteiger partial charge on any atom is 0.255 e. The van der Waals surface area contributed by atoms with E-state index in [0.717, 1.165) is 11.3 Å². The Morgan fingerprint density at radius 3 is 2.52 bits per heavy atom. The molecule has 1 aromatic heterocycles. The molecule has 2 atom stereocenters. The molecule has 0 saturated carbocycles. The van der Waals surface area contributed by atoms with Gasteiger partial charge in [-0.3, -0.25) is 14.2 Å². The van der Waals surface area contributed by atoms with Crippen molar-refractivity contribution >= 4 is 5.91 Å². The van der Waals surface area contributed by atoms with Gasteiger partial charge in [0.05, 0.1) is 0 Å². The van der Waals surface area contributed by atoms with Crippen molar-refractivity contribution in [3.63, 3.8) is 0 Å². The first-order valence-corrected chi connectivity index (χ1v) is 7.57. The summed E-state index contributed by atoms with van der Waals surface area (Å²) in [5.41, 5.74) is 7.75. The Morgan fingerprint density at radius 1 is 1.17 bits per heavy atom. The van der Waals surface area contributed by atoms with Crippen molar-refractivity contribution < 1.29 is 4.79 Å². The number of benzene rings is 1. The number of rotatable bonds is 4. The number of amides is 1. The zero-order chi connectivity index (χ0) is 16.4. The number of aromatic nitrogens is 1. The van der Waals surface area contributed by atoms with Gasteiger partial charge in [0, 0.05) is 44.1 Å². The molecule has 0 radical (unpaired) electrons. The summed E-state index contributed by atoms with van der Waals surface area (Å²) in [5, 5.41) is 3.32. The number of likely N-dealkylation sites (N-methyl/N-ethyl adjacent to an activating group) is 1. The fourth-order valence-corrected chi connectivity index (χ4v) is 2.78. The second kappa shape index (κ2) is 6.36. The number of carbonyl (C=O) groups is 1. The van der Waals surface area contributed by atoms with Gasteiger partial charge in [-0.1, -0.05) is 18.2 Å². The molecule has 0 bridgehead atoms. The number of nitrogens with two attached hydrogens (primary N) is 1. The van der Waals surface area contributed by atoms with Crippen LogP contribution in [-0.2, 0) is 11.3 Å². The Balaban J connectivity index is 1.66. The monoisotopic (exact) mass is 312 g/mol. The lowest BCUT2D eigenvalue weighted by Crippen LogP contribution is -2.45. The molecular formula is C17H20N4O2. The van der Waals surface area contributed by atoms with E-state index in [1.165, 1.54) is 6.07 Å². The Hall–Kier alpha value is -2.44. The van der Waals surface area contributed by atoms with Gasteiger partial charge in [0.15, 0.2) is 0 Å². The molecule has 1 aliphatic rings. The number of nitrogens with one attached hydrogen (secondary N) is 1. The van der Waals surface area contributed by atoms with Crippen LogP contribution in [0, 0.1) is 0 Å². The third kappa shape index (κ3) is 3.18. The van der Waals surface area contributed by atoms with Gasteiger partial charge in [-0.05, 0) is 23.8 Å². The highest BCUT2D eigenvalue weighted by molar-refractivity contribution is 5.84. The molecule has 0 spiro atoms. The maximum atomic E-state index is 11.8. The van der Waals surface area contributed by atoms with Crippen molar-refractivity contribution in [1.82, 2.24) is 14.8 Å². The summed E-state index contributed by atoms with van der Waals surface area (Å²) in [7, 11) is 1.76. The van der Waals surface area contributed by atoms with Crippen molar-refractivity contribution in [3.05, 3.63) is 64.6 Å². The molecule has 23 heavy (non-hydrogen) atoms. The highest BCUT2D eigenvalue weighted by atomic mass is 16.2. The quantitative estimate of drug-likeness (QED) is 0.839. The molecule has 1 aromatic carbocycles. The van der Waals surface area contributed by atoms with Crippen molar-refractivity contribution in [2.24, 2.45) is 5.73 Å². The van der Waals surface area contributed by atoms with Gasteiger partial charge >= 0.3 is 0 Å². The first kappa shape index (κ1) is 15.5. The summed E-state index contributed by atoms with van der Waals surface area (Å²) in [5.74, 6) is -0.0266. The van der Waals surface area contributed by atoms with Crippen molar-refractivity contribution in [2.75, 3.05) is 13.6 Å². The molecule has 0 aliphatic carbocycles. The average molecular weight is 312 g/mol. The van der Waals surface area contributed by atoms with Gasteiger partial charge in [-0.15, -0.1) is 0 Å². The third-order valence-electron chi connectivity index (χ3n) is 4.17. The third-order valence-corrected chi connectivity index (χ3v) is 4.17. The van der Waals surface area contributed by atoms with E-state index in [9.17, 15) is 9.59 Å². The normalized spacial score (nSPS) is 21.0. The molecule has 1 aliphatic heterocycles. The van der Waals surface area contributed by atoms with E-state index >= 15 is 0 Å². The zero-order valence-electron chi connectivity index (χ0n) is 13.0. The largest absolute Gasteiger partial charge is 0.343 e. The minimum atomic E-state index is -0.484. The predicted molar refractivity (Wildman–Crippen MR) is 88.3 cm³/mol. The second-order valence-electron chi connectivity index (χ2n) is 5.81. The van der Waals surface area contributed by atoms with Crippen LogP contribution in [-0.4, -0.2) is 41.1 Å². The SMILES string of the molecule is CN1CC(NCc2ccc(-n3ccccc3=O)cc2)C(N)C1=O. The number of hydrogen-bond donors (Lipinski definition) is 2. The van der Waals surface area contributed by atoms with E-state index in [1.807, 2.05) is 30.3 Å². The molecule has 1 saturated heterocycles. The van der Waals surface area contributed by atoms with E-state index in [4.69, 9.17) is 5.73 Å². The maximum absolute atomic E-state index is 11.8. The van der Waals surface area contributed by atoms with E-state index in [0.29, 0.717) is 13.1 Å². The van der Waals surface area contributed by atoms with E-state index in [-0.39, 0.29) is 17.5 Å². The molecule has 1 amide bonds. The van der Waals surface area contributed by atoms with Crippen LogP contribution in [0.2, 0.25) is 0 Å². The minimum absolute atomic E-state index is 0.0266. The van der Waals surface area contributed by atoms with Crippen LogP contribution in [0.25, 0.3) is 5.69 Å². The lowest BCUT2D eigenvalue weighted by molar-refractivity contribution is -0.127. The fraction of sp³-hybridized carbons (Fsp3) is 0.294. The van der Waals surface area contributed by atoms with E-state index in [1.54, 1.807) is 28.8 Å². The van der Waals surface area contributed by atoms with Crippen molar-refractivity contribution in [2.45, 2.75) is 18.6 Å². The number of nitrogens with zero attached hydrogens (tertiary/aromatic N) is 2. The van der Waals surface area contributed by atoms with Gasteiger partial charge in [0.25, 0.3) is 5.56 Å². The van der Waals surface area contributed by atoms with Crippen molar-refractivity contribution in [3.8, 4) is 5.69 Å². The molecule has 1 fully saturated rings. The fourth-order valence-electron chi connectivity index (χ4n) is 2.78. The standard InChI is InChI=1S/C17H20N4O2/c1-20-11-14(16(18)17(20)23)19-10-12-5-7-13(8-6-12)21-9-3-2-4-15(21)22/h2-9,14,16,19H,10-11,18H2,1H3. The zero-order valence-corrected chi connectivity index (χ0v) is 13.0. The van der Waals surface area contributed by atoms with Gasteiger partial charge in [0.2, 0.25) is 5.91 Å². The number of likely N-dealkylation sites (tertiary alicyclic amines) is 1. The van der Waals surface area contributed by atoms with Crippen LogP contribution in [0.4, 0.5) is 0 Å². The second-order valence-corrected chi connectivity index (χ2v) is 5.81. The summed E-state index contributed by atoms with van der Waals surface area (Å²) in [4.78, 5) is 25.1. The summed E-state index contributed by atoms with van der Waals surface area (Å²) in [6, 6.07) is 12.3. The molecule has 2 unspecified atom stereocenters. The molecule has 6 nitrogen and oxygen atoms in total. The molecule has 3 N–H and O–H groups in total. The van der Waals surface area contributed by atoms with E-state index < -0.39 is 6.04 Å². The Morgan fingerprint density at radius 2 is 1.91 bits per heavy atom. The summed E-state index contributed by atoms with van der Waals surface area (Å²) >= 11 is 0. The van der Waals surface area contributed by atoms with Gasteiger partial charge in [-0.2, -0.15) is 0 Å². The molecule has 2 heterocycles. The summed E-state index contributed by atoms with van der Waals surface area (Å²) in [6.07, 6.45) is 1.74. The highest BCUT2D eigenvalue weighted by Gasteiger charge is 2.35. The van der Waals surface area contributed by atoms with Crippen LogP contribution in [0.3, 0.4) is 0 Å². The number of hydrogen-bond acceptors (Lipinski definition) is 4. The van der Waals surface area contributed by atoms with Crippen LogP contribution in [0.5, 0.6) is 0 Å². The van der Waals surface area contributed by atoms with E-state index in [2.05, 4.69) is 5.32 Å². The molecule has 3 rings (SSSR count). The Kier molecular flexibility index (Phi) is 4.27. The van der Waals surface area contributed by atoms with Crippen LogP contribution >= 0.6 is 0 Å². The molecule has 2 aromatic rings. The Bertz CT molecular complexity index is 754. The lowest BCUT2D eigenvalue weighted by Gasteiger charge is -2.15. The van der Waals surface area contributed by atoms with Crippen LogP contribution < -0.4 is 16.6 Å². The topological polar surface area (TPSA) is 80.4 Å². The molecule has 6 heteroatoms. The van der Waals surface area contributed by atoms with Gasteiger partial charge in [-0.25, -0.2) is 0 Å². The highest BCUT2D eigenvalue weighted by Crippen LogP contribution is 2.11. The van der Waals surface area contributed by atoms with Crippen LogP contribution in [0.1, 0.15) is 5.56 Å². The lowest BCUT2D eigenvalue weighted by atomic mass is 10.1. The molecular weight excluding hydrogens is 292 g/mol. The number of pyridine rings is 1. The smallest absolute Gasteiger partial charge is 0.255 e. The molecule has 120 valence electrons. The summed E-state index contributed by atoms with van der Waals surface area (Å²) in [6.45, 7) is 1.25. The first-order chi connectivity index (χ1) is 11.1. The summed E-state index contributed by atoms with van der Waals surface area (Å²) < 4.78 is 1.59. The van der Waals surface area contributed by atoms with Gasteiger partial charge in [0.1, 0.15) is 6.04 Å². The predicted octanol–water partition coefficient (Wildman–Crippen LogP) is 0.0950. The average Bonchev–Trinajstić information content (AvgIpc) is 2.81.